The van der Waals surface area contributed by atoms with Crippen LogP contribution in [0.5, 0.6) is 0 Å². The number of benzene rings is 2. The summed E-state index contributed by atoms with van der Waals surface area (Å²) >= 11 is 0. The molecule has 0 unspecified atom stereocenters. The molecule has 0 saturated carbocycles. The van der Waals surface area contributed by atoms with Crippen LogP contribution in [0.2, 0.25) is 0 Å². The SMILES string of the molecule is CN(Cc1cc(C(F)(F)F)cc(C(F)(F)F)c1)C(=O)c1cnc(-c2cccnc2)nc1-c1ccccc1. The maximum absolute atomic E-state index is 13.3. The summed E-state index contributed by atoms with van der Waals surface area (Å²) in [5, 5.41) is 0. The van der Waals surface area contributed by atoms with Crippen molar-refractivity contribution in [3.8, 4) is 22.6 Å². The van der Waals surface area contributed by atoms with Crippen LogP contribution in [0.1, 0.15) is 27.0 Å². The third kappa shape index (κ3) is 5.93. The molecule has 5 nitrogen and oxygen atoms in total. The Morgan fingerprint density at radius 1 is 0.838 bits per heavy atom. The molecule has 2 aromatic carbocycles. The molecule has 0 aliphatic carbocycles. The lowest BCUT2D eigenvalue weighted by Crippen LogP contribution is -2.27. The number of nitrogens with zero attached hydrogens (tertiary/aromatic N) is 4. The minimum absolute atomic E-state index is 0.0318. The zero-order valence-corrected chi connectivity index (χ0v) is 19.2. The molecule has 190 valence electrons. The zero-order chi connectivity index (χ0) is 26.8. The van der Waals surface area contributed by atoms with Gasteiger partial charge in [0.25, 0.3) is 5.91 Å². The Bertz CT molecular complexity index is 1370. The third-order valence-corrected chi connectivity index (χ3v) is 5.40. The molecule has 0 spiro atoms. The van der Waals surface area contributed by atoms with Gasteiger partial charge in [-0.1, -0.05) is 30.3 Å². The van der Waals surface area contributed by atoms with Crippen LogP contribution in [0.4, 0.5) is 26.3 Å². The van der Waals surface area contributed by atoms with Gasteiger partial charge in [-0.05, 0) is 35.9 Å². The topological polar surface area (TPSA) is 59.0 Å². The molecule has 0 aliphatic rings. The average molecular weight is 516 g/mol. The number of halogens is 6. The Kier molecular flexibility index (Phi) is 6.97. The summed E-state index contributed by atoms with van der Waals surface area (Å²) < 4.78 is 79.5. The van der Waals surface area contributed by atoms with Crippen LogP contribution in [0, 0.1) is 0 Å². The van der Waals surface area contributed by atoms with Crippen molar-refractivity contribution in [2.24, 2.45) is 0 Å². The Labute approximate surface area is 207 Å². The molecule has 0 saturated heterocycles. The van der Waals surface area contributed by atoms with E-state index >= 15 is 0 Å². The summed E-state index contributed by atoms with van der Waals surface area (Å²) in [4.78, 5) is 27.2. The van der Waals surface area contributed by atoms with Gasteiger partial charge in [0.05, 0.1) is 22.4 Å². The van der Waals surface area contributed by atoms with Crippen LogP contribution >= 0.6 is 0 Å². The second kappa shape index (κ2) is 10.00. The van der Waals surface area contributed by atoms with Crippen molar-refractivity contribution in [3.05, 3.63) is 102 Å². The van der Waals surface area contributed by atoms with E-state index < -0.39 is 35.9 Å². The van der Waals surface area contributed by atoms with E-state index in [1.165, 1.54) is 13.2 Å². The van der Waals surface area contributed by atoms with Crippen LogP contribution in [-0.4, -0.2) is 32.8 Å². The molecular weight excluding hydrogens is 498 g/mol. The lowest BCUT2D eigenvalue weighted by molar-refractivity contribution is -0.143. The van der Waals surface area contributed by atoms with Crippen molar-refractivity contribution < 1.29 is 31.1 Å². The first-order chi connectivity index (χ1) is 17.4. The molecule has 37 heavy (non-hydrogen) atoms. The van der Waals surface area contributed by atoms with Crippen molar-refractivity contribution in [2.45, 2.75) is 18.9 Å². The van der Waals surface area contributed by atoms with E-state index in [0.29, 0.717) is 29.1 Å². The van der Waals surface area contributed by atoms with Crippen LogP contribution < -0.4 is 0 Å². The maximum atomic E-state index is 13.3. The van der Waals surface area contributed by atoms with Gasteiger partial charge >= 0.3 is 12.4 Å². The molecule has 0 fully saturated rings. The Balaban J connectivity index is 1.72. The quantitative estimate of drug-likeness (QED) is 0.284. The minimum atomic E-state index is -4.99. The summed E-state index contributed by atoms with van der Waals surface area (Å²) in [5.41, 5.74) is -1.77. The zero-order valence-electron chi connectivity index (χ0n) is 19.2. The van der Waals surface area contributed by atoms with Crippen LogP contribution in [0.25, 0.3) is 22.6 Å². The number of pyridine rings is 1. The fraction of sp³-hybridized carbons (Fsp3) is 0.154. The smallest absolute Gasteiger partial charge is 0.337 e. The van der Waals surface area contributed by atoms with Gasteiger partial charge in [0.1, 0.15) is 0 Å². The second-order valence-electron chi connectivity index (χ2n) is 8.14. The number of hydrogen-bond acceptors (Lipinski definition) is 4. The highest BCUT2D eigenvalue weighted by molar-refractivity contribution is 5.99. The van der Waals surface area contributed by atoms with E-state index in [1.807, 2.05) is 0 Å². The molecule has 0 radical (unpaired) electrons. The number of rotatable bonds is 5. The highest BCUT2D eigenvalue weighted by atomic mass is 19.4. The van der Waals surface area contributed by atoms with Gasteiger partial charge in [0.15, 0.2) is 5.82 Å². The number of carbonyl (C=O) groups is 1. The standard InChI is InChI=1S/C26H18F6N4O/c1-36(15-16-10-19(25(27,28)29)12-20(11-16)26(30,31)32)24(37)21-14-34-23(18-8-5-9-33-13-18)35-22(21)17-6-3-2-4-7-17/h2-14H,15H2,1H3. The van der Waals surface area contributed by atoms with Crippen LogP contribution in [-0.2, 0) is 18.9 Å². The third-order valence-electron chi connectivity index (χ3n) is 5.40. The molecule has 0 N–H and O–H groups in total. The molecule has 2 heterocycles. The van der Waals surface area contributed by atoms with Gasteiger partial charge in [-0.3, -0.25) is 9.78 Å². The van der Waals surface area contributed by atoms with E-state index in [1.54, 1.807) is 54.9 Å². The van der Waals surface area contributed by atoms with E-state index in [4.69, 9.17) is 0 Å². The van der Waals surface area contributed by atoms with Gasteiger partial charge in [0.2, 0.25) is 0 Å². The molecule has 0 bridgehead atoms. The first-order valence-corrected chi connectivity index (χ1v) is 10.8. The normalized spacial score (nSPS) is 11.9. The van der Waals surface area contributed by atoms with Crippen molar-refractivity contribution in [1.82, 2.24) is 19.9 Å². The van der Waals surface area contributed by atoms with Crippen molar-refractivity contribution in [2.75, 3.05) is 7.05 Å². The second-order valence-corrected chi connectivity index (χ2v) is 8.14. The summed E-state index contributed by atoms with van der Waals surface area (Å²) in [6.45, 7) is -0.510. The lowest BCUT2D eigenvalue weighted by atomic mass is 10.0. The number of hydrogen-bond donors (Lipinski definition) is 0. The molecule has 1 amide bonds. The number of alkyl halides is 6. The Hall–Kier alpha value is -4.28. The van der Waals surface area contributed by atoms with Gasteiger partial charge in [-0.2, -0.15) is 26.3 Å². The highest BCUT2D eigenvalue weighted by Gasteiger charge is 2.37. The van der Waals surface area contributed by atoms with Crippen molar-refractivity contribution in [1.29, 1.82) is 0 Å². The molecule has 0 atom stereocenters. The first-order valence-electron chi connectivity index (χ1n) is 10.8. The van der Waals surface area contributed by atoms with Crippen LogP contribution in [0.15, 0.2) is 79.3 Å². The minimum Gasteiger partial charge on any atom is -0.337 e. The fourth-order valence-corrected chi connectivity index (χ4v) is 3.65. The molecule has 4 aromatic rings. The van der Waals surface area contributed by atoms with Crippen molar-refractivity contribution >= 4 is 5.91 Å². The number of amides is 1. The van der Waals surface area contributed by atoms with E-state index in [-0.39, 0.29) is 22.9 Å². The summed E-state index contributed by atoms with van der Waals surface area (Å²) in [5.74, 6) is -0.388. The van der Waals surface area contributed by atoms with Gasteiger partial charge in [-0.15, -0.1) is 0 Å². The molecular formula is C26H18F6N4O. The molecule has 2 aromatic heterocycles. The summed E-state index contributed by atoms with van der Waals surface area (Å²) in [6.07, 6.45) is -5.58. The molecule has 4 rings (SSSR count). The van der Waals surface area contributed by atoms with Gasteiger partial charge in [-0.25, -0.2) is 9.97 Å². The predicted molar refractivity (Wildman–Crippen MR) is 123 cm³/mol. The predicted octanol–water partition coefficient (Wildman–Crippen LogP) is 6.52. The lowest BCUT2D eigenvalue weighted by Gasteiger charge is -2.21. The largest absolute Gasteiger partial charge is 0.416 e. The highest BCUT2D eigenvalue weighted by Crippen LogP contribution is 2.36. The van der Waals surface area contributed by atoms with Crippen LogP contribution in [0.3, 0.4) is 0 Å². The summed E-state index contributed by atoms with van der Waals surface area (Å²) in [7, 11) is 1.28. The Morgan fingerprint density at radius 3 is 2.03 bits per heavy atom. The molecule has 11 heteroatoms. The summed E-state index contributed by atoms with van der Waals surface area (Å²) in [6, 6.07) is 13.3. The van der Waals surface area contributed by atoms with Gasteiger partial charge in [0, 0.05) is 43.3 Å². The van der Waals surface area contributed by atoms with E-state index in [0.717, 1.165) is 4.90 Å². The number of aromatic nitrogens is 3. The monoisotopic (exact) mass is 516 g/mol. The fourth-order valence-electron chi connectivity index (χ4n) is 3.65. The number of carbonyl (C=O) groups excluding carboxylic acids is 1. The molecule has 0 aliphatic heterocycles. The van der Waals surface area contributed by atoms with E-state index in [9.17, 15) is 31.1 Å². The average Bonchev–Trinajstić information content (AvgIpc) is 2.87. The maximum Gasteiger partial charge on any atom is 0.416 e. The van der Waals surface area contributed by atoms with Crippen molar-refractivity contribution in [3.63, 3.8) is 0 Å². The Morgan fingerprint density at radius 2 is 1.46 bits per heavy atom. The van der Waals surface area contributed by atoms with E-state index in [2.05, 4.69) is 15.0 Å². The van der Waals surface area contributed by atoms with Gasteiger partial charge < -0.3 is 4.90 Å². The first kappa shape index (κ1) is 25.8.